The Morgan fingerprint density at radius 3 is 2.17 bits per heavy atom. The van der Waals surface area contributed by atoms with E-state index in [0.717, 1.165) is 0 Å². The van der Waals surface area contributed by atoms with Crippen LogP contribution < -0.4 is 0 Å². The molecule has 23 heavy (non-hydrogen) atoms. The van der Waals surface area contributed by atoms with Gasteiger partial charge in [0.15, 0.2) is 5.78 Å². The topological polar surface area (TPSA) is 57.7 Å². The number of piperazine rings is 1. The van der Waals surface area contributed by atoms with Crippen molar-refractivity contribution in [1.29, 1.82) is 0 Å². The maximum atomic E-state index is 12.4. The summed E-state index contributed by atoms with van der Waals surface area (Å²) in [6, 6.07) is 9.12. The highest BCUT2D eigenvalue weighted by Gasteiger charge is 2.26. The van der Waals surface area contributed by atoms with Gasteiger partial charge in [0, 0.05) is 38.7 Å². The van der Waals surface area contributed by atoms with Crippen molar-refractivity contribution in [2.45, 2.75) is 19.1 Å². The Balaban J connectivity index is 1.79. The van der Waals surface area contributed by atoms with Crippen LogP contribution in [0.3, 0.4) is 0 Å². The molecule has 1 fully saturated rings. The Hall–Kier alpha value is -1.82. The van der Waals surface area contributed by atoms with Crippen molar-refractivity contribution in [3.8, 4) is 0 Å². The van der Waals surface area contributed by atoms with Crippen molar-refractivity contribution < 1.29 is 14.4 Å². The summed E-state index contributed by atoms with van der Waals surface area (Å²) in [6.45, 7) is 5.68. The zero-order chi connectivity index (χ0) is 16.8. The minimum absolute atomic E-state index is 0.0386. The molecule has 1 aliphatic heterocycles. The number of hydrogen-bond acceptors (Lipinski definition) is 4. The summed E-state index contributed by atoms with van der Waals surface area (Å²) in [7, 11) is 0. The highest BCUT2D eigenvalue weighted by Crippen LogP contribution is 2.17. The lowest BCUT2D eigenvalue weighted by Crippen LogP contribution is -2.51. The Labute approximate surface area is 141 Å². The average Bonchev–Trinajstić information content (AvgIpc) is 2.59. The second-order valence-electron chi connectivity index (χ2n) is 5.57. The van der Waals surface area contributed by atoms with Gasteiger partial charge in [0.1, 0.15) is 0 Å². The van der Waals surface area contributed by atoms with Crippen molar-refractivity contribution in [2.24, 2.45) is 0 Å². The number of carbonyl (C=O) groups excluding carboxylic acids is 3. The molecule has 0 aromatic heterocycles. The van der Waals surface area contributed by atoms with E-state index >= 15 is 0 Å². The first kappa shape index (κ1) is 17.5. The number of Topliss-reactive ketones (excluding diaryl/α,β-unsaturated/α-hetero) is 1. The molecule has 1 unspecified atom stereocenters. The van der Waals surface area contributed by atoms with Gasteiger partial charge < -0.3 is 9.80 Å². The molecular formula is C17H22N2O3S. The molecule has 1 aromatic rings. The number of carbonyl (C=O) groups is 3. The van der Waals surface area contributed by atoms with Crippen LogP contribution >= 0.6 is 11.8 Å². The first-order chi connectivity index (χ1) is 11.0. The van der Waals surface area contributed by atoms with Crippen molar-refractivity contribution in [3.05, 3.63) is 35.9 Å². The molecule has 5 nitrogen and oxygen atoms in total. The molecule has 0 bridgehead atoms. The van der Waals surface area contributed by atoms with Gasteiger partial charge in [-0.25, -0.2) is 0 Å². The monoisotopic (exact) mass is 334 g/mol. The number of ketones is 1. The van der Waals surface area contributed by atoms with E-state index in [1.54, 1.807) is 28.9 Å². The van der Waals surface area contributed by atoms with Crippen LogP contribution in [0.15, 0.2) is 30.3 Å². The highest BCUT2D eigenvalue weighted by atomic mass is 32.2. The van der Waals surface area contributed by atoms with E-state index < -0.39 is 0 Å². The maximum absolute atomic E-state index is 12.4. The first-order valence-corrected chi connectivity index (χ1v) is 8.78. The van der Waals surface area contributed by atoms with E-state index in [0.29, 0.717) is 37.5 Å². The van der Waals surface area contributed by atoms with E-state index in [1.165, 1.54) is 11.8 Å². The van der Waals surface area contributed by atoms with Gasteiger partial charge >= 0.3 is 0 Å². The Morgan fingerprint density at radius 2 is 1.61 bits per heavy atom. The minimum Gasteiger partial charge on any atom is -0.339 e. The fourth-order valence-corrected chi connectivity index (χ4v) is 3.34. The van der Waals surface area contributed by atoms with Crippen molar-refractivity contribution in [1.82, 2.24) is 9.80 Å². The van der Waals surface area contributed by atoms with Gasteiger partial charge in [-0.2, -0.15) is 0 Å². The van der Waals surface area contributed by atoms with Gasteiger partial charge in [0.2, 0.25) is 11.8 Å². The predicted molar refractivity (Wildman–Crippen MR) is 91.5 cm³/mol. The summed E-state index contributed by atoms with van der Waals surface area (Å²) in [4.78, 5) is 39.3. The maximum Gasteiger partial charge on any atom is 0.235 e. The Kier molecular flexibility index (Phi) is 6.21. The summed E-state index contributed by atoms with van der Waals surface area (Å²) in [5, 5.41) is -0.258. The number of hydrogen-bond donors (Lipinski definition) is 0. The summed E-state index contributed by atoms with van der Waals surface area (Å²) < 4.78 is 0. The molecule has 1 aliphatic rings. The summed E-state index contributed by atoms with van der Waals surface area (Å²) in [5.41, 5.74) is 0.676. The normalized spacial score (nSPS) is 16.1. The molecule has 0 radical (unpaired) electrons. The van der Waals surface area contributed by atoms with Crippen LogP contribution in [0.2, 0.25) is 0 Å². The van der Waals surface area contributed by atoms with E-state index in [1.807, 2.05) is 25.1 Å². The van der Waals surface area contributed by atoms with Gasteiger partial charge in [0.25, 0.3) is 0 Å². The fourth-order valence-electron chi connectivity index (χ4n) is 2.48. The molecule has 1 heterocycles. The van der Waals surface area contributed by atoms with Crippen LogP contribution in [0.1, 0.15) is 24.2 Å². The molecule has 2 amide bonds. The molecule has 0 spiro atoms. The second-order valence-corrected chi connectivity index (χ2v) is 6.90. The zero-order valence-corrected chi connectivity index (χ0v) is 14.3. The van der Waals surface area contributed by atoms with E-state index in [2.05, 4.69) is 0 Å². The minimum atomic E-state index is -0.258. The van der Waals surface area contributed by atoms with Crippen molar-refractivity contribution in [3.63, 3.8) is 0 Å². The lowest BCUT2D eigenvalue weighted by Gasteiger charge is -2.35. The second kappa shape index (κ2) is 8.15. The van der Waals surface area contributed by atoms with Crippen molar-refractivity contribution in [2.75, 3.05) is 31.9 Å². The third-order valence-corrected chi connectivity index (χ3v) is 5.08. The average molecular weight is 334 g/mol. The number of nitrogens with zero attached hydrogens (tertiary/aromatic N) is 2. The molecule has 6 heteroatoms. The zero-order valence-electron chi connectivity index (χ0n) is 13.5. The molecule has 124 valence electrons. The quantitative estimate of drug-likeness (QED) is 0.769. The number of benzene rings is 1. The van der Waals surface area contributed by atoms with E-state index in [9.17, 15) is 14.4 Å². The summed E-state index contributed by atoms with van der Waals surface area (Å²) in [5.74, 6) is 0.424. The summed E-state index contributed by atoms with van der Waals surface area (Å²) in [6.07, 6.45) is 0. The van der Waals surface area contributed by atoms with Gasteiger partial charge in [-0.05, 0) is 6.92 Å². The van der Waals surface area contributed by atoms with Gasteiger partial charge in [-0.1, -0.05) is 30.3 Å². The molecule has 0 aliphatic carbocycles. The van der Waals surface area contributed by atoms with Crippen LogP contribution in [-0.4, -0.2) is 64.6 Å². The summed E-state index contributed by atoms with van der Waals surface area (Å²) >= 11 is 1.37. The lowest BCUT2D eigenvalue weighted by molar-refractivity contribution is -0.137. The Bertz CT molecular complexity index is 568. The van der Waals surface area contributed by atoms with Crippen LogP contribution in [0, 0.1) is 0 Å². The Morgan fingerprint density at radius 1 is 1.04 bits per heavy atom. The molecular weight excluding hydrogens is 312 g/mol. The smallest absolute Gasteiger partial charge is 0.235 e. The lowest BCUT2D eigenvalue weighted by atomic mass is 10.2. The fraction of sp³-hybridized carbons (Fsp3) is 0.471. The van der Waals surface area contributed by atoms with E-state index in [-0.39, 0.29) is 22.8 Å². The molecule has 1 aromatic carbocycles. The third kappa shape index (κ3) is 4.82. The van der Waals surface area contributed by atoms with Gasteiger partial charge in [-0.15, -0.1) is 11.8 Å². The van der Waals surface area contributed by atoms with Crippen LogP contribution in [0.5, 0.6) is 0 Å². The molecule has 1 atom stereocenters. The number of thioether (sulfide) groups is 1. The number of rotatable bonds is 5. The molecule has 2 rings (SSSR count). The number of amides is 2. The predicted octanol–water partition coefficient (Wildman–Crippen LogP) is 1.68. The highest BCUT2D eigenvalue weighted by molar-refractivity contribution is 8.01. The first-order valence-electron chi connectivity index (χ1n) is 7.73. The van der Waals surface area contributed by atoms with Gasteiger partial charge in [-0.3, -0.25) is 14.4 Å². The van der Waals surface area contributed by atoms with Crippen LogP contribution in [0.4, 0.5) is 0 Å². The van der Waals surface area contributed by atoms with Crippen LogP contribution in [0.25, 0.3) is 0 Å². The molecule has 0 saturated carbocycles. The van der Waals surface area contributed by atoms with Crippen molar-refractivity contribution >= 4 is 29.4 Å². The van der Waals surface area contributed by atoms with Crippen LogP contribution in [-0.2, 0) is 9.59 Å². The molecule has 1 saturated heterocycles. The molecule has 0 N–H and O–H groups in total. The third-order valence-electron chi connectivity index (χ3n) is 3.94. The largest absolute Gasteiger partial charge is 0.339 e. The SMILES string of the molecule is CC(=O)N1CCN(C(=O)C(C)SCC(=O)c2ccccc2)CC1. The van der Waals surface area contributed by atoms with E-state index in [4.69, 9.17) is 0 Å². The van der Waals surface area contributed by atoms with Gasteiger partial charge in [0.05, 0.1) is 11.0 Å². The standard InChI is InChI=1S/C17H22N2O3S/c1-13(23-12-16(21)15-6-4-3-5-7-15)17(22)19-10-8-18(9-11-19)14(2)20/h3-7,13H,8-12H2,1-2H3.